The van der Waals surface area contributed by atoms with Crippen LogP contribution < -0.4 is 0 Å². The maximum absolute atomic E-state index is 12.8. The Balaban J connectivity index is 4.56. The average Bonchev–Trinajstić information content (AvgIpc) is 3.31. The zero-order valence-electron chi connectivity index (χ0n) is 41.9. The first-order valence-electron chi connectivity index (χ1n) is 25.9. The van der Waals surface area contributed by atoms with E-state index in [1.165, 1.54) is 12.8 Å². The van der Waals surface area contributed by atoms with Crippen LogP contribution in [0.5, 0.6) is 0 Å². The number of unbranched alkanes of at least 4 members (excludes halogenated alkanes) is 11. The molecule has 0 bridgehead atoms. The number of esters is 3. The summed E-state index contributed by atoms with van der Waals surface area (Å²) in [4.78, 5) is 38.0. The molecule has 0 fully saturated rings. The molecule has 0 saturated heterocycles. The van der Waals surface area contributed by atoms with Crippen molar-refractivity contribution >= 4 is 17.9 Å². The van der Waals surface area contributed by atoms with Crippen LogP contribution in [0.4, 0.5) is 0 Å². The molecule has 1 atom stereocenters. The lowest BCUT2D eigenvalue weighted by molar-refractivity contribution is -0.166. The van der Waals surface area contributed by atoms with E-state index in [-0.39, 0.29) is 31.6 Å². The number of hydrogen-bond acceptors (Lipinski definition) is 6. The normalized spacial score (nSPS) is 13.3. The van der Waals surface area contributed by atoms with Gasteiger partial charge in [0, 0.05) is 19.3 Å². The third-order valence-corrected chi connectivity index (χ3v) is 10.1. The van der Waals surface area contributed by atoms with Crippen LogP contribution in [0.3, 0.4) is 0 Å². The fraction of sp³-hybridized carbons (Fsp3) is 0.550. The first-order valence-corrected chi connectivity index (χ1v) is 25.9. The molecule has 0 aliphatic heterocycles. The predicted molar refractivity (Wildman–Crippen MR) is 283 cm³/mol. The summed E-state index contributed by atoms with van der Waals surface area (Å²) in [5.41, 5.74) is 0. The maximum Gasteiger partial charge on any atom is 0.306 e. The van der Waals surface area contributed by atoms with Crippen molar-refractivity contribution in [2.24, 2.45) is 0 Å². The first kappa shape index (κ1) is 61.3. The zero-order chi connectivity index (χ0) is 47.9. The summed E-state index contributed by atoms with van der Waals surface area (Å²) in [6.07, 6.45) is 75.6. The fourth-order valence-corrected chi connectivity index (χ4v) is 6.36. The Labute approximate surface area is 404 Å². The smallest absolute Gasteiger partial charge is 0.306 e. The van der Waals surface area contributed by atoms with Crippen LogP contribution >= 0.6 is 0 Å². The Morgan fingerprint density at radius 2 is 0.652 bits per heavy atom. The van der Waals surface area contributed by atoms with E-state index in [2.05, 4.69) is 148 Å². The highest BCUT2D eigenvalue weighted by Crippen LogP contribution is 2.12. The van der Waals surface area contributed by atoms with Crippen molar-refractivity contribution in [3.8, 4) is 0 Å². The highest BCUT2D eigenvalue weighted by atomic mass is 16.6. The molecule has 0 radical (unpaired) electrons. The van der Waals surface area contributed by atoms with Crippen LogP contribution in [0.15, 0.2) is 146 Å². The minimum atomic E-state index is -0.838. The highest BCUT2D eigenvalue weighted by molar-refractivity contribution is 5.71. The van der Waals surface area contributed by atoms with Gasteiger partial charge in [-0.2, -0.15) is 0 Å². The van der Waals surface area contributed by atoms with Crippen molar-refractivity contribution in [1.29, 1.82) is 0 Å². The number of carbonyl (C=O) groups excluding carboxylic acids is 3. The minimum Gasteiger partial charge on any atom is -0.462 e. The lowest BCUT2D eigenvalue weighted by Gasteiger charge is -2.18. The molecule has 0 aromatic rings. The predicted octanol–water partition coefficient (Wildman–Crippen LogP) is 17.3. The van der Waals surface area contributed by atoms with Crippen molar-refractivity contribution in [2.75, 3.05) is 13.2 Å². The molecule has 0 aliphatic rings. The van der Waals surface area contributed by atoms with Crippen LogP contribution in [0.2, 0.25) is 0 Å². The molecule has 368 valence electrons. The summed E-state index contributed by atoms with van der Waals surface area (Å²) in [6.45, 7) is 6.16. The van der Waals surface area contributed by atoms with Gasteiger partial charge < -0.3 is 14.2 Å². The van der Waals surface area contributed by atoms with Crippen LogP contribution in [0, 0.1) is 0 Å². The van der Waals surface area contributed by atoms with Gasteiger partial charge in [0.1, 0.15) is 13.2 Å². The third kappa shape index (κ3) is 50.3. The number of ether oxygens (including phenoxy) is 3. The second-order valence-corrected chi connectivity index (χ2v) is 16.3. The van der Waals surface area contributed by atoms with Crippen molar-refractivity contribution in [1.82, 2.24) is 0 Å². The Bertz CT molecular complexity index is 1510. The van der Waals surface area contributed by atoms with Gasteiger partial charge in [-0.05, 0) is 109 Å². The molecule has 6 nitrogen and oxygen atoms in total. The molecule has 0 aliphatic carbocycles. The average molecular weight is 909 g/mol. The Morgan fingerprint density at radius 3 is 1.08 bits per heavy atom. The van der Waals surface area contributed by atoms with Crippen LogP contribution in [-0.2, 0) is 28.6 Å². The lowest BCUT2D eigenvalue weighted by Crippen LogP contribution is -2.30. The largest absolute Gasteiger partial charge is 0.462 e. The van der Waals surface area contributed by atoms with E-state index < -0.39 is 12.1 Å². The van der Waals surface area contributed by atoms with Gasteiger partial charge in [-0.1, -0.05) is 212 Å². The second-order valence-electron chi connectivity index (χ2n) is 16.3. The van der Waals surface area contributed by atoms with E-state index >= 15 is 0 Å². The van der Waals surface area contributed by atoms with Crippen molar-refractivity contribution in [3.05, 3.63) is 146 Å². The van der Waals surface area contributed by atoms with Crippen LogP contribution in [-0.4, -0.2) is 37.2 Å². The fourth-order valence-electron chi connectivity index (χ4n) is 6.36. The van der Waals surface area contributed by atoms with E-state index in [9.17, 15) is 14.4 Å². The van der Waals surface area contributed by atoms with Crippen molar-refractivity contribution < 1.29 is 28.6 Å². The Hall–Kier alpha value is -4.71. The third-order valence-electron chi connectivity index (χ3n) is 10.1. The summed E-state index contributed by atoms with van der Waals surface area (Å²) in [7, 11) is 0. The molecule has 0 N–H and O–H groups in total. The van der Waals surface area contributed by atoms with Gasteiger partial charge >= 0.3 is 17.9 Å². The van der Waals surface area contributed by atoms with Crippen molar-refractivity contribution in [3.63, 3.8) is 0 Å². The monoisotopic (exact) mass is 909 g/mol. The molecular formula is C60H92O6. The van der Waals surface area contributed by atoms with Gasteiger partial charge in [0.2, 0.25) is 0 Å². The van der Waals surface area contributed by atoms with Gasteiger partial charge in [0.25, 0.3) is 0 Å². The highest BCUT2D eigenvalue weighted by Gasteiger charge is 2.19. The van der Waals surface area contributed by atoms with Crippen molar-refractivity contribution in [2.45, 2.75) is 200 Å². The molecule has 0 rings (SSSR count). The van der Waals surface area contributed by atoms with Gasteiger partial charge in [-0.3, -0.25) is 14.4 Å². The molecule has 0 aromatic carbocycles. The number of hydrogen-bond donors (Lipinski definition) is 0. The van der Waals surface area contributed by atoms with Crippen LogP contribution in [0.1, 0.15) is 194 Å². The van der Waals surface area contributed by atoms with Gasteiger partial charge in [-0.15, -0.1) is 0 Å². The Morgan fingerprint density at radius 1 is 0.318 bits per heavy atom. The van der Waals surface area contributed by atoms with E-state index in [1.54, 1.807) is 0 Å². The molecular weight excluding hydrogens is 817 g/mol. The molecule has 0 heterocycles. The summed E-state index contributed by atoms with van der Waals surface area (Å²) >= 11 is 0. The summed E-state index contributed by atoms with van der Waals surface area (Å²) in [5, 5.41) is 0. The standard InChI is InChI=1S/C60H92O6/c1-4-7-10-13-16-19-22-25-27-29-30-31-33-35-38-41-44-47-50-53-59(62)65-56-57(55-64-58(61)52-49-46-43-40-37-34-24-21-18-15-12-9-6-3)66-60(63)54-51-48-45-42-39-36-32-28-26-23-20-17-14-11-8-5-2/h7-12,15-21,24-28,30-31,36,39,45,48,57H,4-6,13-14,22-23,29,32-35,37-38,40-44,46-47,49-56H2,1-3H3/b10-7+,11-8+,12-9+,18-15+,19-16+,20-17+,24-21+,27-25+,28-26+,31-30+,39-36+,48-45+. The minimum absolute atomic E-state index is 0.128. The quantitative estimate of drug-likeness (QED) is 0.0199. The molecule has 1 unspecified atom stereocenters. The van der Waals surface area contributed by atoms with Gasteiger partial charge in [0.05, 0.1) is 0 Å². The molecule has 0 aromatic heterocycles. The SMILES string of the molecule is CC/C=C/C=C/C=C/CCCCCCCC(=O)OCC(COC(=O)CCCCCCCC/C=C/C/C=C/C/C=C/C/C=C/CC)OC(=O)CC/C=C/C/C=C/C/C=C/C/C=C/C/C=C/CC. The van der Waals surface area contributed by atoms with Gasteiger partial charge in [-0.25, -0.2) is 0 Å². The summed E-state index contributed by atoms with van der Waals surface area (Å²) in [6, 6.07) is 0. The maximum atomic E-state index is 12.8. The van der Waals surface area contributed by atoms with E-state index in [0.29, 0.717) is 19.3 Å². The molecule has 0 saturated carbocycles. The summed E-state index contributed by atoms with van der Waals surface area (Å²) < 4.78 is 16.7. The van der Waals surface area contributed by atoms with E-state index in [0.717, 1.165) is 135 Å². The molecule has 0 amide bonds. The molecule has 6 heteroatoms. The van der Waals surface area contributed by atoms with E-state index in [4.69, 9.17) is 14.2 Å². The van der Waals surface area contributed by atoms with Crippen LogP contribution in [0.25, 0.3) is 0 Å². The Kier molecular flexibility index (Phi) is 49.1. The second kappa shape index (κ2) is 52.9. The lowest BCUT2D eigenvalue weighted by atomic mass is 10.1. The molecule has 66 heavy (non-hydrogen) atoms. The number of rotatable bonds is 44. The first-order chi connectivity index (χ1) is 32.5. The number of allylic oxidation sites excluding steroid dienone is 24. The van der Waals surface area contributed by atoms with E-state index in [1.807, 2.05) is 18.2 Å². The zero-order valence-corrected chi connectivity index (χ0v) is 41.9. The summed E-state index contributed by atoms with van der Waals surface area (Å²) in [5.74, 6) is -1.06. The molecule has 0 spiro atoms. The number of carbonyl (C=O) groups is 3. The topological polar surface area (TPSA) is 78.9 Å². The van der Waals surface area contributed by atoms with Gasteiger partial charge in [0.15, 0.2) is 6.10 Å².